The smallest absolute Gasteiger partial charge is 0.322 e. The number of hydrogen-bond acceptors (Lipinski definition) is 5. The SMILES string of the molecule is O=C(O)[C@@H]1CCN1S(=O)(=O)c1ccc([N+](=O)[O-])cc1. The highest BCUT2D eigenvalue weighted by atomic mass is 32.2. The van der Waals surface area contributed by atoms with Gasteiger partial charge in [0.25, 0.3) is 5.69 Å². The van der Waals surface area contributed by atoms with Gasteiger partial charge in [-0.1, -0.05) is 0 Å². The second kappa shape index (κ2) is 4.59. The summed E-state index contributed by atoms with van der Waals surface area (Å²) >= 11 is 0. The lowest BCUT2D eigenvalue weighted by molar-refractivity contribution is -0.384. The van der Waals surface area contributed by atoms with E-state index >= 15 is 0 Å². The Bertz CT molecular complexity index is 624. The third-order valence-electron chi connectivity index (χ3n) is 2.91. The van der Waals surface area contributed by atoms with Gasteiger partial charge < -0.3 is 5.11 Å². The van der Waals surface area contributed by atoms with E-state index in [0.29, 0.717) is 0 Å². The van der Waals surface area contributed by atoms with E-state index in [2.05, 4.69) is 0 Å². The Morgan fingerprint density at radius 2 is 1.95 bits per heavy atom. The number of carboxylic acid groups (broad SMARTS) is 1. The molecule has 0 spiro atoms. The molecule has 1 atom stereocenters. The summed E-state index contributed by atoms with van der Waals surface area (Å²) in [5.41, 5.74) is -0.225. The van der Waals surface area contributed by atoms with Crippen LogP contribution >= 0.6 is 0 Å². The van der Waals surface area contributed by atoms with Gasteiger partial charge in [-0.15, -0.1) is 0 Å². The third kappa shape index (κ3) is 2.29. The molecule has 1 aromatic carbocycles. The van der Waals surface area contributed by atoms with Gasteiger partial charge in [0.2, 0.25) is 10.0 Å². The second-order valence-corrected chi connectivity index (χ2v) is 5.90. The van der Waals surface area contributed by atoms with Gasteiger partial charge in [0.15, 0.2) is 0 Å². The standard InChI is InChI=1S/C10H10N2O6S/c13-10(14)9-5-6-11(9)19(17,18)8-3-1-7(2-4-8)12(15)16/h1-4,9H,5-6H2,(H,13,14)/t9-/m0/s1. The number of nitro groups is 1. The lowest BCUT2D eigenvalue weighted by atomic mass is 10.1. The molecule has 1 heterocycles. The van der Waals surface area contributed by atoms with Gasteiger partial charge in [0.05, 0.1) is 9.82 Å². The maximum Gasteiger partial charge on any atom is 0.322 e. The first-order valence-corrected chi connectivity index (χ1v) is 6.77. The van der Waals surface area contributed by atoms with Crippen LogP contribution < -0.4 is 0 Å². The molecule has 19 heavy (non-hydrogen) atoms. The Balaban J connectivity index is 2.30. The minimum atomic E-state index is -3.91. The van der Waals surface area contributed by atoms with Gasteiger partial charge in [-0.3, -0.25) is 14.9 Å². The molecule has 0 radical (unpaired) electrons. The Labute approximate surface area is 108 Å². The number of carbonyl (C=O) groups is 1. The van der Waals surface area contributed by atoms with Crippen molar-refractivity contribution in [2.45, 2.75) is 17.4 Å². The van der Waals surface area contributed by atoms with Crippen LogP contribution in [0, 0.1) is 10.1 Å². The van der Waals surface area contributed by atoms with Crippen LogP contribution in [0.3, 0.4) is 0 Å². The molecule has 0 amide bonds. The normalized spacial score (nSPS) is 19.7. The molecule has 1 N–H and O–H groups in total. The molecule has 9 heteroatoms. The average molecular weight is 286 g/mol. The average Bonchev–Trinajstić information content (AvgIpc) is 2.26. The molecule has 1 aliphatic heterocycles. The number of sulfonamides is 1. The van der Waals surface area contributed by atoms with Crippen LogP contribution in [-0.2, 0) is 14.8 Å². The minimum Gasteiger partial charge on any atom is -0.480 e. The minimum absolute atomic E-state index is 0.135. The fraction of sp³-hybridized carbons (Fsp3) is 0.300. The predicted molar refractivity (Wildman–Crippen MR) is 63.0 cm³/mol. The van der Waals surface area contributed by atoms with E-state index in [1.54, 1.807) is 0 Å². The van der Waals surface area contributed by atoms with Crippen LogP contribution in [0.15, 0.2) is 29.2 Å². The highest BCUT2D eigenvalue weighted by Gasteiger charge is 2.42. The van der Waals surface area contributed by atoms with Crippen molar-refractivity contribution in [1.82, 2.24) is 4.31 Å². The van der Waals surface area contributed by atoms with E-state index in [1.807, 2.05) is 0 Å². The van der Waals surface area contributed by atoms with Crippen LogP contribution in [0.2, 0.25) is 0 Å². The zero-order valence-electron chi connectivity index (χ0n) is 9.59. The highest BCUT2D eigenvalue weighted by molar-refractivity contribution is 7.89. The van der Waals surface area contributed by atoms with Crippen LogP contribution in [0.1, 0.15) is 6.42 Å². The molecule has 2 rings (SSSR count). The first kappa shape index (κ1) is 13.4. The Hall–Kier alpha value is -2.00. The number of non-ortho nitro benzene ring substituents is 1. The summed E-state index contributed by atoms with van der Waals surface area (Å²) in [5.74, 6) is -1.20. The van der Waals surface area contributed by atoms with Crippen molar-refractivity contribution >= 4 is 21.7 Å². The maximum absolute atomic E-state index is 12.1. The Morgan fingerprint density at radius 1 is 1.37 bits per heavy atom. The number of aliphatic carboxylic acids is 1. The Morgan fingerprint density at radius 3 is 2.32 bits per heavy atom. The molecule has 1 aromatic rings. The van der Waals surface area contributed by atoms with Crippen molar-refractivity contribution in [3.63, 3.8) is 0 Å². The number of benzene rings is 1. The number of hydrogen-bond donors (Lipinski definition) is 1. The van der Waals surface area contributed by atoms with E-state index in [9.17, 15) is 23.3 Å². The van der Waals surface area contributed by atoms with Gasteiger partial charge in [-0.25, -0.2) is 8.42 Å². The molecule has 0 bridgehead atoms. The summed E-state index contributed by atoms with van der Waals surface area (Å²) in [4.78, 5) is 20.5. The van der Waals surface area contributed by atoms with Crippen molar-refractivity contribution in [1.29, 1.82) is 0 Å². The monoisotopic (exact) mass is 286 g/mol. The highest BCUT2D eigenvalue weighted by Crippen LogP contribution is 2.27. The molecule has 102 valence electrons. The second-order valence-electron chi connectivity index (χ2n) is 4.01. The summed E-state index contributed by atoms with van der Waals surface area (Å²) in [5, 5.41) is 19.3. The van der Waals surface area contributed by atoms with Crippen molar-refractivity contribution < 1.29 is 23.2 Å². The van der Waals surface area contributed by atoms with E-state index in [1.165, 1.54) is 0 Å². The van der Waals surface area contributed by atoms with Gasteiger partial charge in [-0.2, -0.15) is 4.31 Å². The summed E-state index contributed by atoms with van der Waals surface area (Å²) in [6.07, 6.45) is 0.265. The van der Waals surface area contributed by atoms with Crippen LogP contribution in [-0.4, -0.2) is 41.3 Å². The molecule has 0 unspecified atom stereocenters. The van der Waals surface area contributed by atoms with Gasteiger partial charge in [0, 0.05) is 18.7 Å². The molecular formula is C10H10N2O6S. The van der Waals surface area contributed by atoms with Crippen molar-refractivity contribution in [2.75, 3.05) is 6.54 Å². The zero-order valence-corrected chi connectivity index (χ0v) is 10.4. The van der Waals surface area contributed by atoms with Crippen molar-refractivity contribution in [2.24, 2.45) is 0 Å². The third-order valence-corrected chi connectivity index (χ3v) is 4.83. The first-order valence-electron chi connectivity index (χ1n) is 5.33. The zero-order chi connectivity index (χ0) is 14.2. The first-order chi connectivity index (χ1) is 8.84. The summed E-state index contributed by atoms with van der Waals surface area (Å²) in [6.45, 7) is 0.135. The van der Waals surface area contributed by atoms with Gasteiger partial charge in [-0.05, 0) is 18.6 Å². The lowest BCUT2D eigenvalue weighted by Crippen LogP contribution is -2.54. The number of carboxylic acids is 1. The molecule has 1 saturated heterocycles. The summed E-state index contributed by atoms with van der Waals surface area (Å²) < 4.78 is 25.1. The van der Waals surface area contributed by atoms with Gasteiger partial charge >= 0.3 is 5.97 Å². The molecule has 0 saturated carbocycles. The topological polar surface area (TPSA) is 118 Å². The molecule has 1 aliphatic rings. The van der Waals surface area contributed by atoms with Crippen molar-refractivity contribution in [3.8, 4) is 0 Å². The molecule has 0 aliphatic carbocycles. The van der Waals surface area contributed by atoms with E-state index in [0.717, 1.165) is 28.6 Å². The van der Waals surface area contributed by atoms with E-state index < -0.39 is 27.0 Å². The van der Waals surface area contributed by atoms with Crippen LogP contribution in [0.4, 0.5) is 5.69 Å². The summed E-state index contributed by atoms with van der Waals surface area (Å²) in [7, 11) is -3.91. The molecule has 8 nitrogen and oxygen atoms in total. The molecule has 0 aromatic heterocycles. The van der Waals surface area contributed by atoms with E-state index in [-0.39, 0.29) is 23.5 Å². The molecule has 1 fully saturated rings. The lowest BCUT2D eigenvalue weighted by Gasteiger charge is -2.36. The Kier molecular flexibility index (Phi) is 3.25. The fourth-order valence-corrected chi connectivity index (χ4v) is 3.40. The van der Waals surface area contributed by atoms with Crippen LogP contribution in [0.25, 0.3) is 0 Å². The fourth-order valence-electron chi connectivity index (χ4n) is 1.77. The van der Waals surface area contributed by atoms with Crippen LogP contribution in [0.5, 0.6) is 0 Å². The molecular weight excluding hydrogens is 276 g/mol. The predicted octanol–water partition coefficient (Wildman–Crippen LogP) is 0.442. The summed E-state index contributed by atoms with van der Waals surface area (Å²) in [6, 6.07) is 3.29. The maximum atomic E-state index is 12.1. The van der Waals surface area contributed by atoms with Crippen molar-refractivity contribution in [3.05, 3.63) is 34.4 Å². The van der Waals surface area contributed by atoms with E-state index in [4.69, 9.17) is 5.11 Å². The van der Waals surface area contributed by atoms with Gasteiger partial charge in [0.1, 0.15) is 6.04 Å². The number of nitro benzene ring substituents is 1. The number of rotatable bonds is 4. The largest absolute Gasteiger partial charge is 0.480 e. The quantitative estimate of drug-likeness (QED) is 0.634. The number of nitrogens with zero attached hydrogens (tertiary/aromatic N) is 2.